The molecule has 0 saturated carbocycles. The van der Waals surface area contributed by atoms with E-state index in [1.54, 1.807) is 18.2 Å². The van der Waals surface area contributed by atoms with Crippen molar-refractivity contribution in [2.24, 2.45) is 0 Å². The third kappa shape index (κ3) is 4.19. The van der Waals surface area contributed by atoms with E-state index < -0.39 is 5.24 Å². The van der Waals surface area contributed by atoms with Crippen LogP contribution in [0.4, 0.5) is 0 Å². The summed E-state index contributed by atoms with van der Waals surface area (Å²) < 4.78 is 7.61. The zero-order chi connectivity index (χ0) is 13.8. The summed E-state index contributed by atoms with van der Waals surface area (Å²) in [5.41, 5.74) is 1.54. The number of halogens is 3. The second-order valence-corrected chi connectivity index (χ2v) is 6.26. The first-order valence-electron chi connectivity index (χ1n) is 5.43. The standard InChI is InChI=1S/C14H9BrClIO2/c15-11-3-1-2-9(6-11)8-19-13-5-4-10(14(16)18)7-12(13)17/h1-7H,8H2. The summed E-state index contributed by atoms with van der Waals surface area (Å²) in [5.74, 6) is 0.738. The third-order valence-electron chi connectivity index (χ3n) is 2.44. The molecular weight excluding hydrogens is 442 g/mol. The first kappa shape index (κ1) is 14.8. The normalized spacial score (nSPS) is 10.3. The minimum Gasteiger partial charge on any atom is -0.488 e. The largest absolute Gasteiger partial charge is 0.488 e. The van der Waals surface area contributed by atoms with E-state index in [9.17, 15) is 4.79 Å². The van der Waals surface area contributed by atoms with Gasteiger partial charge in [-0.3, -0.25) is 4.79 Å². The maximum Gasteiger partial charge on any atom is 0.252 e. The molecular formula is C14H9BrClIO2. The number of benzene rings is 2. The van der Waals surface area contributed by atoms with E-state index in [4.69, 9.17) is 16.3 Å². The van der Waals surface area contributed by atoms with Crippen molar-refractivity contribution < 1.29 is 9.53 Å². The number of carbonyl (C=O) groups is 1. The maximum atomic E-state index is 11.0. The number of hydrogen-bond acceptors (Lipinski definition) is 2. The zero-order valence-corrected chi connectivity index (χ0v) is 14.2. The molecule has 0 spiro atoms. The number of ether oxygens (including phenoxy) is 1. The van der Waals surface area contributed by atoms with Gasteiger partial charge in [0.2, 0.25) is 0 Å². The van der Waals surface area contributed by atoms with E-state index >= 15 is 0 Å². The van der Waals surface area contributed by atoms with Crippen molar-refractivity contribution in [3.63, 3.8) is 0 Å². The molecule has 0 saturated heterocycles. The Hall–Kier alpha value is -0.590. The summed E-state index contributed by atoms with van der Waals surface area (Å²) >= 11 is 11.0. The van der Waals surface area contributed by atoms with Crippen LogP contribution in [0, 0.1) is 3.57 Å². The number of carbonyl (C=O) groups excluding carboxylic acids is 1. The highest BCUT2D eigenvalue weighted by Crippen LogP contribution is 2.24. The topological polar surface area (TPSA) is 26.3 Å². The van der Waals surface area contributed by atoms with Crippen LogP contribution in [0.5, 0.6) is 5.75 Å². The van der Waals surface area contributed by atoms with Crippen LogP contribution < -0.4 is 4.74 Å². The Kier molecular flexibility index (Phi) is 5.24. The SMILES string of the molecule is O=C(Cl)c1ccc(OCc2cccc(Br)c2)c(I)c1. The van der Waals surface area contributed by atoms with Crippen molar-refractivity contribution in [1.82, 2.24) is 0 Å². The van der Waals surface area contributed by atoms with Gasteiger partial charge in [0.15, 0.2) is 0 Å². The minimum atomic E-state index is -0.462. The van der Waals surface area contributed by atoms with Crippen LogP contribution in [-0.4, -0.2) is 5.24 Å². The van der Waals surface area contributed by atoms with Gasteiger partial charge in [-0.15, -0.1) is 0 Å². The van der Waals surface area contributed by atoms with E-state index in [0.29, 0.717) is 12.2 Å². The lowest BCUT2D eigenvalue weighted by molar-refractivity contribution is 0.108. The van der Waals surface area contributed by atoms with E-state index in [-0.39, 0.29) is 0 Å². The quantitative estimate of drug-likeness (QED) is 0.483. The summed E-state index contributed by atoms with van der Waals surface area (Å²) in [4.78, 5) is 11.0. The summed E-state index contributed by atoms with van der Waals surface area (Å²) in [6, 6.07) is 13.1. The molecule has 0 aliphatic carbocycles. The highest BCUT2D eigenvalue weighted by molar-refractivity contribution is 14.1. The van der Waals surface area contributed by atoms with Crippen LogP contribution in [-0.2, 0) is 6.61 Å². The molecule has 2 nitrogen and oxygen atoms in total. The van der Waals surface area contributed by atoms with Crippen molar-refractivity contribution >= 4 is 55.4 Å². The molecule has 0 aliphatic heterocycles. The smallest absolute Gasteiger partial charge is 0.252 e. The molecule has 98 valence electrons. The lowest BCUT2D eigenvalue weighted by Gasteiger charge is -2.09. The molecule has 2 aromatic carbocycles. The number of rotatable bonds is 4. The van der Waals surface area contributed by atoms with Crippen LogP contribution >= 0.6 is 50.1 Å². The van der Waals surface area contributed by atoms with Gasteiger partial charge in [-0.05, 0) is 70.1 Å². The Morgan fingerprint density at radius 3 is 2.68 bits per heavy atom. The molecule has 0 unspecified atom stereocenters. The summed E-state index contributed by atoms with van der Waals surface area (Å²) in [5, 5.41) is -0.462. The first-order valence-corrected chi connectivity index (χ1v) is 7.68. The predicted molar refractivity (Wildman–Crippen MR) is 87.8 cm³/mol. The van der Waals surface area contributed by atoms with Gasteiger partial charge in [0.1, 0.15) is 12.4 Å². The predicted octanol–water partition coefficient (Wildman–Crippen LogP) is 5.01. The third-order valence-corrected chi connectivity index (χ3v) is 4.00. The van der Waals surface area contributed by atoms with Crippen molar-refractivity contribution in [2.75, 3.05) is 0 Å². The molecule has 0 fully saturated rings. The summed E-state index contributed by atoms with van der Waals surface area (Å²) in [7, 11) is 0. The van der Waals surface area contributed by atoms with Gasteiger partial charge in [0.25, 0.3) is 5.24 Å². The van der Waals surface area contributed by atoms with Gasteiger partial charge in [-0.2, -0.15) is 0 Å². The fraction of sp³-hybridized carbons (Fsp3) is 0.0714. The van der Waals surface area contributed by atoms with Crippen LogP contribution in [0.15, 0.2) is 46.9 Å². The van der Waals surface area contributed by atoms with Gasteiger partial charge < -0.3 is 4.74 Å². The Labute approximate surface area is 138 Å². The molecule has 5 heteroatoms. The molecule has 2 rings (SSSR count). The average Bonchev–Trinajstić information content (AvgIpc) is 2.37. The molecule has 0 aliphatic rings. The molecule has 0 heterocycles. The van der Waals surface area contributed by atoms with Crippen LogP contribution in [0.2, 0.25) is 0 Å². The van der Waals surface area contributed by atoms with Gasteiger partial charge in [-0.1, -0.05) is 28.1 Å². The van der Waals surface area contributed by atoms with Crippen molar-refractivity contribution in [1.29, 1.82) is 0 Å². The molecule has 0 N–H and O–H groups in total. The lowest BCUT2D eigenvalue weighted by Crippen LogP contribution is -1.98. The highest BCUT2D eigenvalue weighted by Gasteiger charge is 2.07. The lowest BCUT2D eigenvalue weighted by atomic mass is 10.2. The number of hydrogen-bond donors (Lipinski definition) is 0. The molecule has 2 aromatic rings. The Morgan fingerprint density at radius 2 is 2.05 bits per heavy atom. The summed E-state index contributed by atoms with van der Waals surface area (Å²) in [6.07, 6.45) is 0. The van der Waals surface area contributed by atoms with Crippen LogP contribution in [0.25, 0.3) is 0 Å². The van der Waals surface area contributed by atoms with Crippen LogP contribution in [0.3, 0.4) is 0 Å². The Balaban J connectivity index is 2.10. The maximum absolute atomic E-state index is 11.0. The van der Waals surface area contributed by atoms with E-state index in [1.165, 1.54) is 0 Å². The molecule has 0 radical (unpaired) electrons. The van der Waals surface area contributed by atoms with Crippen LogP contribution in [0.1, 0.15) is 15.9 Å². The molecule has 19 heavy (non-hydrogen) atoms. The van der Waals surface area contributed by atoms with Crippen molar-refractivity contribution in [3.8, 4) is 5.75 Å². The second kappa shape index (κ2) is 6.72. The average molecular weight is 451 g/mol. The fourth-order valence-electron chi connectivity index (χ4n) is 1.53. The summed E-state index contributed by atoms with van der Waals surface area (Å²) in [6.45, 7) is 0.476. The van der Waals surface area contributed by atoms with E-state index in [2.05, 4.69) is 38.5 Å². The van der Waals surface area contributed by atoms with Gasteiger partial charge >= 0.3 is 0 Å². The van der Waals surface area contributed by atoms with Crippen molar-refractivity contribution in [3.05, 3.63) is 61.6 Å². The molecule has 0 atom stereocenters. The van der Waals surface area contributed by atoms with Gasteiger partial charge in [-0.25, -0.2) is 0 Å². The first-order chi connectivity index (χ1) is 9.06. The molecule has 0 bridgehead atoms. The second-order valence-electron chi connectivity index (χ2n) is 3.84. The Bertz CT molecular complexity index is 616. The van der Waals surface area contributed by atoms with Gasteiger partial charge in [0, 0.05) is 10.0 Å². The minimum absolute atomic E-state index is 0.462. The monoisotopic (exact) mass is 450 g/mol. The van der Waals surface area contributed by atoms with Gasteiger partial charge in [0.05, 0.1) is 3.57 Å². The van der Waals surface area contributed by atoms with E-state index in [1.807, 2.05) is 24.3 Å². The Morgan fingerprint density at radius 1 is 1.26 bits per heavy atom. The zero-order valence-electron chi connectivity index (χ0n) is 9.70. The molecule has 0 amide bonds. The fourth-order valence-corrected chi connectivity index (χ4v) is 2.76. The highest BCUT2D eigenvalue weighted by atomic mass is 127. The van der Waals surface area contributed by atoms with E-state index in [0.717, 1.165) is 19.4 Å². The molecule has 0 aromatic heterocycles. The van der Waals surface area contributed by atoms with Crippen molar-refractivity contribution in [2.45, 2.75) is 6.61 Å².